The highest BCUT2D eigenvalue weighted by Crippen LogP contribution is 2.16. The van der Waals surface area contributed by atoms with Crippen molar-refractivity contribution in [3.63, 3.8) is 0 Å². The molecule has 0 saturated heterocycles. The van der Waals surface area contributed by atoms with Crippen molar-refractivity contribution < 1.29 is 21.9 Å². The van der Waals surface area contributed by atoms with Gasteiger partial charge >= 0.3 is 6.61 Å². The Kier molecular flexibility index (Phi) is 11.2. The lowest BCUT2D eigenvalue weighted by Gasteiger charge is -2.22. The molecule has 0 aliphatic rings. The number of nitrogens with zero attached hydrogens (tertiary/aromatic N) is 2. The maximum absolute atomic E-state index is 12.3. The molecule has 0 saturated carbocycles. The van der Waals surface area contributed by atoms with E-state index in [0.717, 1.165) is 17.1 Å². The molecular weight excluding hydrogens is 539 g/mol. The standard InChI is InChI=1S/C21H27F2N3O3S.HI/c1-4-24-21(25-14-13-16-7-11-19(12-8-16)30(3,27)28)26(2)15-17-5-9-18(10-6-17)29-20(22)23;/h5-12,20H,4,13-15H2,1-3H3,(H,24,25);1H. The summed E-state index contributed by atoms with van der Waals surface area (Å²) in [6.07, 6.45) is 1.86. The molecule has 0 aliphatic heterocycles. The zero-order chi connectivity index (χ0) is 22.1. The van der Waals surface area contributed by atoms with Crippen LogP contribution in [0.4, 0.5) is 8.78 Å². The summed E-state index contributed by atoms with van der Waals surface area (Å²) in [6, 6.07) is 13.3. The van der Waals surface area contributed by atoms with Gasteiger partial charge in [-0.15, -0.1) is 24.0 Å². The average molecular weight is 567 g/mol. The minimum absolute atomic E-state index is 0. The van der Waals surface area contributed by atoms with E-state index in [0.29, 0.717) is 31.0 Å². The molecule has 0 atom stereocenters. The van der Waals surface area contributed by atoms with Gasteiger partial charge in [0, 0.05) is 32.9 Å². The zero-order valence-electron chi connectivity index (χ0n) is 17.7. The van der Waals surface area contributed by atoms with Gasteiger partial charge in [0.2, 0.25) is 0 Å². The molecule has 10 heteroatoms. The van der Waals surface area contributed by atoms with Crippen LogP contribution in [0.25, 0.3) is 0 Å². The van der Waals surface area contributed by atoms with Gasteiger partial charge in [-0.05, 0) is 48.7 Å². The second-order valence-corrected chi connectivity index (χ2v) is 8.80. The molecule has 31 heavy (non-hydrogen) atoms. The Bertz CT molecular complexity index is 937. The van der Waals surface area contributed by atoms with Crippen molar-refractivity contribution in [2.75, 3.05) is 26.4 Å². The molecule has 0 bridgehead atoms. The Balaban J connectivity index is 0.00000480. The molecule has 2 aromatic rings. The van der Waals surface area contributed by atoms with E-state index in [1.54, 1.807) is 36.4 Å². The van der Waals surface area contributed by atoms with E-state index < -0.39 is 16.4 Å². The lowest BCUT2D eigenvalue weighted by Crippen LogP contribution is -2.38. The lowest BCUT2D eigenvalue weighted by atomic mass is 10.1. The molecule has 2 aromatic carbocycles. The van der Waals surface area contributed by atoms with Gasteiger partial charge in [0.15, 0.2) is 15.8 Å². The molecule has 0 fully saturated rings. The first kappa shape index (κ1) is 27.1. The van der Waals surface area contributed by atoms with Crippen LogP contribution in [0.1, 0.15) is 18.1 Å². The first-order valence-corrected chi connectivity index (χ1v) is 11.4. The number of hydrogen-bond donors (Lipinski definition) is 1. The second kappa shape index (κ2) is 12.8. The highest BCUT2D eigenvalue weighted by atomic mass is 127. The average Bonchev–Trinajstić information content (AvgIpc) is 2.68. The number of ether oxygens (including phenoxy) is 1. The minimum Gasteiger partial charge on any atom is -0.435 e. The zero-order valence-corrected chi connectivity index (χ0v) is 20.9. The molecule has 2 rings (SSSR count). The van der Waals surface area contributed by atoms with Crippen LogP contribution in [-0.4, -0.2) is 52.3 Å². The fourth-order valence-corrected chi connectivity index (χ4v) is 3.42. The van der Waals surface area contributed by atoms with Gasteiger partial charge in [-0.25, -0.2) is 8.42 Å². The van der Waals surface area contributed by atoms with Crippen molar-refractivity contribution in [3.05, 3.63) is 59.7 Å². The highest BCUT2D eigenvalue weighted by molar-refractivity contribution is 14.0. The van der Waals surface area contributed by atoms with E-state index in [1.807, 2.05) is 18.9 Å². The van der Waals surface area contributed by atoms with Crippen molar-refractivity contribution in [3.8, 4) is 5.75 Å². The Morgan fingerprint density at radius 3 is 2.19 bits per heavy atom. The number of benzene rings is 2. The predicted molar refractivity (Wildman–Crippen MR) is 129 cm³/mol. The third-order valence-electron chi connectivity index (χ3n) is 4.28. The van der Waals surface area contributed by atoms with Crippen molar-refractivity contribution >= 4 is 39.8 Å². The monoisotopic (exact) mass is 567 g/mol. The van der Waals surface area contributed by atoms with Gasteiger partial charge in [0.05, 0.1) is 4.90 Å². The fraction of sp³-hybridized carbons (Fsp3) is 0.381. The van der Waals surface area contributed by atoms with Gasteiger partial charge < -0.3 is 15.0 Å². The molecule has 0 aliphatic carbocycles. The number of sulfone groups is 1. The normalized spacial score (nSPS) is 11.7. The summed E-state index contributed by atoms with van der Waals surface area (Å²) in [5.74, 6) is 0.844. The van der Waals surface area contributed by atoms with E-state index in [4.69, 9.17) is 0 Å². The molecular formula is C21H28F2IN3O3S. The molecule has 172 valence electrons. The van der Waals surface area contributed by atoms with E-state index in [-0.39, 0.29) is 29.7 Å². The summed E-state index contributed by atoms with van der Waals surface area (Å²) in [7, 11) is -1.31. The quantitative estimate of drug-likeness (QED) is 0.283. The maximum Gasteiger partial charge on any atom is 0.387 e. The number of hydrogen-bond acceptors (Lipinski definition) is 4. The summed E-state index contributed by atoms with van der Waals surface area (Å²) < 4.78 is 51.9. The van der Waals surface area contributed by atoms with Gasteiger partial charge in [-0.1, -0.05) is 24.3 Å². The van der Waals surface area contributed by atoms with Crippen LogP contribution in [0, 0.1) is 0 Å². The number of guanidine groups is 1. The first-order valence-electron chi connectivity index (χ1n) is 9.51. The van der Waals surface area contributed by atoms with E-state index in [1.165, 1.54) is 18.4 Å². The summed E-state index contributed by atoms with van der Waals surface area (Å²) in [5, 5.41) is 3.23. The Labute approximate surface area is 199 Å². The lowest BCUT2D eigenvalue weighted by molar-refractivity contribution is -0.0498. The largest absolute Gasteiger partial charge is 0.435 e. The van der Waals surface area contributed by atoms with E-state index >= 15 is 0 Å². The second-order valence-electron chi connectivity index (χ2n) is 6.78. The molecule has 1 N–H and O–H groups in total. The summed E-state index contributed by atoms with van der Waals surface area (Å²) >= 11 is 0. The van der Waals surface area contributed by atoms with E-state index in [9.17, 15) is 17.2 Å². The van der Waals surface area contributed by atoms with Crippen molar-refractivity contribution in [2.45, 2.75) is 31.4 Å². The van der Waals surface area contributed by atoms with E-state index in [2.05, 4.69) is 15.0 Å². The molecule has 0 aromatic heterocycles. The molecule has 0 unspecified atom stereocenters. The van der Waals surface area contributed by atoms with Crippen LogP contribution >= 0.6 is 24.0 Å². The van der Waals surface area contributed by atoms with Gasteiger partial charge in [0.25, 0.3) is 0 Å². The maximum atomic E-state index is 12.3. The Morgan fingerprint density at radius 2 is 1.68 bits per heavy atom. The summed E-state index contributed by atoms with van der Waals surface area (Å²) in [4.78, 5) is 6.86. The van der Waals surface area contributed by atoms with Crippen LogP contribution < -0.4 is 10.1 Å². The molecule has 0 radical (unpaired) electrons. The molecule has 0 spiro atoms. The molecule has 0 heterocycles. The third kappa shape index (κ3) is 9.38. The minimum atomic E-state index is -3.20. The van der Waals surface area contributed by atoms with Crippen molar-refractivity contribution in [2.24, 2.45) is 4.99 Å². The number of aliphatic imine (C=N–C) groups is 1. The highest BCUT2D eigenvalue weighted by Gasteiger charge is 2.09. The third-order valence-corrected chi connectivity index (χ3v) is 5.41. The topological polar surface area (TPSA) is 71.0 Å². The van der Waals surface area contributed by atoms with Crippen LogP contribution in [0.3, 0.4) is 0 Å². The summed E-state index contributed by atoms with van der Waals surface area (Å²) in [6.45, 7) is 0.918. The fourth-order valence-electron chi connectivity index (χ4n) is 2.79. The number of rotatable bonds is 9. The SMILES string of the molecule is CCNC(=NCCc1ccc(S(C)(=O)=O)cc1)N(C)Cc1ccc(OC(F)F)cc1.I. The molecule has 6 nitrogen and oxygen atoms in total. The van der Waals surface area contributed by atoms with Crippen molar-refractivity contribution in [1.82, 2.24) is 10.2 Å². The van der Waals surface area contributed by atoms with Crippen LogP contribution in [-0.2, 0) is 22.8 Å². The first-order chi connectivity index (χ1) is 14.2. The Hall–Kier alpha value is -1.95. The molecule has 0 amide bonds. The Morgan fingerprint density at radius 1 is 1.10 bits per heavy atom. The van der Waals surface area contributed by atoms with Crippen LogP contribution in [0.5, 0.6) is 5.75 Å². The van der Waals surface area contributed by atoms with Crippen LogP contribution in [0.2, 0.25) is 0 Å². The number of halogens is 3. The van der Waals surface area contributed by atoms with Crippen molar-refractivity contribution in [1.29, 1.82) is 0 Å². The van der Waals surface area contributed by atoms with Gasteiger partial charge in [-0.3, -0.25) is 4.99 Å². The smallest absolute Gasteiger partial charge is 0.387 e. The summed E-state index contributed by atoms with van der Waals surface area (Å²) in [5.41, 5.74) is 1.93. The van der Waals surface area contributed by atoms with Crippen LogP contribution in [0.15, 0.2) is 58.4 Å². The number of nitrogens with one attached hydrogen (secondary N) is 1. The predicted octanol–water partition coefficient (Wildman–Crippen LogP) is 3.95. The number of alkyl halides is 2. The van der Waals surface area contributed by atoms with Gasteiger partial charge in [0.1, 0.15) is 5.75 Å². The van der Waals surface area contributed by atoms with Gasteiger partial charge in [-0.2, -0.15) is 8.78 Å².